The van der Waals surface area contributed by atoms with Crippen LogP contribution < -0.4 is 5.32 Å². The van der Waals surface area contributed by atoms with E-state index in [1.165, 1.54) is 19.3 Å². The largest absolute Gasteiger partial charge is 0.449 e. The number of rotatable bonds is 6. The van der Waals surface area contributed by atoms with Gasteiger partial charge >= 0.3 is 5.97 Å². The lowest BCUT2D eigenvalue weighted by atomic mass is 9.53. The Bertz CT molecular complexity index is 693. The van der Waals surface area contributed by atoms with Gasteiger partial charge in [0.2, 0.25) is 0 Å². The van der Waals surface area contributed by atoms with E-state index in [0.717, 1.165) is 42.6 Å². The average molecular weight is 371 g/mol. The van der Waals surface area contributed by atoms with Crippen LogP contribution in [0.4, 0.5) is 0 Å². The lowest BCUT2D eigenvalue weighted by Crippen LogP contribution is -2.61. The van der Waals surface area contributed by atoms with Crippen molar-refractivity contribution in [3.05, 3.63) is 35.4 Å². The van der Waals surface area contributed by atoms with Crippen LogP contribution in [0, 0.1) is 17.8 Å². The van der Waals surface area contributed by atoms with E-state index in [9.17, 15) is 9.59 Å². The summed E-state index contributed by atoms with van der Waals surface area (Å²) in [6.45, 7) is 2.09. The first-order valence-electron chi connectivity index (χ1n) is 10.1. The van der Waals surface area contributed by atoms with Crippen LogP contribution in [0.2, 0.25) is 0 Å². The van der Waals surface area contributed by atoms with Gasteiger partial charge in [-0.1, -0.05) is 12.1 Å². The first-order chi connectivity index (χ1) is 13.0. The molecule has 27 heavy (non-hydrogen) atoms. The molecule has 4 saturated carbocycles. The predicted octanol–water partition coefficient (Wildman–Crippen LogP) is 3.46. The molecule has 0 aliphatic heterocycles. The Hall–Kier alpha value is -1.88. The molecule has 5 heteroatoms. The molecular weight excluding hydrogens is 342 g/mol. The third-order valence-corrected chi connectivity index (χ3v) is 6.55. The van der Waals surface area contributed by atoms with Crippen molar-refractivity contribution >= 4 is 11.9 Å². The summed E-state index contributed by atoms with van der Waals surface area (Å²) in [6, 6.07) is 7.13. The van der Waals surface area contributed by atoms with Crippen LogP contribution in [-0.2, 0) is 20.9 Å². The number of carbonyl (C=O) groups is 2. The molecule has 4 aliphatic carbocycles. The molecule has 4 fully saturated rings. The van der Waals surface area contributed by atoms with Crippen LogP contribution in [0.15, 0.2) is 24.3 Å². The van der Waals surface area contributed by atoms with Crippen molar-refractivity contribution < 1.29 is 19.1 Å². The molecule has 1 atom stereocenters. The molecule has 0 spiro atoms. The van der Waals surface area contributed by atoms with Crippen molar-refractivity contribution in [1.29, 1.82) is 0 Å². The lowest BCUT2D eigenvalue weighted by molar-refractivity contribution is -0.134. The number of methoxy groups -OCH3 is 1. The highest BCUT2D eigenvalue weighted by atomic mass is 16.5. The zero-order chi connectivity index (χ0) is 19.0. The number of esters is 1. The van der Waals surface area contributed by atoms with E-state index in [0.29, 0.717) is 12.2 Å². The monoisotopic (exact) mass is 371 g/mol. The predicted molar refractivity (Wildman–Crippen MR) is 101 cm³/mol. The molecule has 5 rings (SSSR count). The van der Waals surface area contributed by atoms with Crippen molar-refractivity contribution in [1.82, 2.24) is 5.32 Å². The van der Waals surface area contributed by atoms with E-state index < -0.39 is 12.1 Å². The smallest absolute Gasteiger partial charge is 0.338 e. The third-order valence-electron chi connectivity index (χ3n) is 6.55. The van der Waals surface area contributed by atoms with Gasteiger partial charge in [-0.3, -0.25) is 4.79 Å². The molecule has 0 unspecified atom stereocenters. The topological polar surface area (TPSA) is 64.6 Å². The molecule has 0 aromatic heterocycles. The summed E-state index contributed by atoms with van der Waals surface area (Å²) in [5.74, 6) is 1.65. The van der Waals surface area contributed by atoms with Gasteiger partial charge in [0.15, 0.2) is 6.10 Å². The molecule has 1 N–H and O–H groups in total. The van der Waals surface area contributed by atoms with Gasteiger partial charge in [-0.25, -0.2) is 4.79 Å². The quantitative estimate of drug-likeness (QED) is 0.778. The minimum Gasteiger partial charge on any atom is -0.449 e. The van der Waals surface area contributed by atoms with Crippen LogP contribution in [0.25, 0.3) is 0 Å². The van der Waals surface area contributed by atoms with Gasteiger partial charge < -0.3 is 14.8 Å². The summed E-state index contributed by atoms with van der Waals surface area (Å²) in [6.07, 6.45) is 6.46. The first-order valence-corrected chi connectivity index (χ1v) is 10.1. The van der Waals surface area contributed by atoms with E-state index in [-0.39, 0.29) is 11.4 Å². The molecule has 146 valence electrons. The second-order valence-corrected chi connectivity index (χ2v) is 8.87. The Balaban J connectivity index is 1.37. The van der Waals surface area contributed by atoms with Crippen molar-refractivity contribution in [3.8, 4) is 0 Å². The van der Waals surface area contributed by atoms with Crippen LogP contribution in [0.1, 0.15) is 61.4 Å². The zero-order valence-corrected chi connectivity index (χ0v) is 16.2. The summed E-state index contributed by atoms with van der Waals surface area (Å²) in [5.41, 5.74) is 1.28. The number of amides is 1. The highest BCUT2D eigenvalue weighted by Gasteiger charge is 2.51. The molecule has 4 aliphatic rings. The standard InChI is InChI=1S/C22H29NO4/c1-14(27-21(25)19-5-3-4-15(9-19)13-26-2)20(24)23-22-10-16-6-17(11-22)8-18(7-16)12-22/h3-5,9,14,16-18H,6-8,10-13H2,1-2H3,(H,23,24)/t14-,16?,17?,18?,22?/m0/s1. The van der Waals surface area contributed by atoms with Gasteiger partial charge in [-0.15, -0.1) is 0 Å². The maximum atomic E-state index is 12.8. The van der Waals surface area contributed by atoms with E-state index >= 15 is 0 Å². The number of nitrogens with one attached hydrogen (secondary N) is 1. The van der Waals surface area contributed by atoms with Gasteiger partial charge in [0.05, 0.1) is 12.2 Å². The number of hydrogen-bond acceptors (Lipinski definition) is 4. The maximum absolute atomic E-state index is 12.8. The normalized spacial score (nSPS) is 32.1. The Morgan fingerprint density at radius 1 is 1.15 bits per heavy atom. The van der Waals surface area contributed by atoms with E-state index in [1.54, 1.807) is 32.2 Å². The fraction of sp³-hybridized carbons (Fsp3) is 0.636. The molecule has 1 amide bonds. The summed E-state index contributed by atoms with van der Waals surface area (Å²) in [7, 11) is 1.61. The van der Waals surface area contributed by atoms with Gasteiger partial charge in [0.25, 0.3) is 5.91 Å². The van der Waals surface area contributed by atoms with Gasteiger partial charge in [0.1, 0.15) is 0 Å². The molecule has 5 nitrogen and oxygen atoms in total. The van der Waals surface area contributed by atoms with E-state index in [2.05, 4.69) is 5.32 Å². The summed E-state index contributed by atoms with van der Waals surface area (Å²) < 4.78 is 10.6. The van der Waals surface area contributed by atoms with Crippen LogP contribution in [-0.4, -0.2) is 30.6 Å². The molecular formula is C22H29NO4. The van der Waals surface area contributed by atoms with Crippen molar-refractivity contribution in [2.75, 3.05) is 7.11 Å². The number of benzene rings is 1. The minimum absolute atomic E-state index is 0.0646. The third kappa shape index (κ3) is 3.88. The molecule has 0 heterocycles. The van der Waals surface area contributed by atoms with Gasteiger partial charge in [0, 0.05) is 12.6 Å². The lowest BCUT2D eigenvalue weighted by Gasteiger charge is -2.57. The fourth-order valence-corrected chi connectivity index (χ4v) is 5.86. The highest BCUT2D eigenvalue weighted by Crippen LogP contribution is 2.55. The first kappa shape index (κ1) is 18.5. The Labute approximate surface area is 160 Å². The molecule has 1 aromatic rings. The van der Waals surface area contributed by atoms with Gasteiger partial charge in [-0.05, 0) is 80.9 Å². The van der Waals surface area contributed by atoms with E-state index in [4.69, 9.17) is 9.47 Å². The van der Waals surface area contributed by atoms with Gasteiger partial charge in [-0.2, -0.15) is 0 Å². The highest BCUT2D eigenvalue weighted by molar-refractivity contribution is 5.92. The summed E-state index contributed by atoms with van der Waals surface area (Å²) in [4.78, 5) is 25.2. The Kier molecular flexibility index (Phi) is 4.97. The van der Waals surface area contributed by atoms with Crippen molar-refractivity contribution in [2.45, 2.75) is 63.7 Å². The summed E-state index contributed by atoms with van der Waals surface area (Å²) >= 11 is 0. The zero-order valence-electron chi connectivity index (χ0n) is 16.2. The van der Waals surface area contributed by atoms with Crippen LogP contribution >= 0.6 is 0 Å². The van der Waals surface area contributed by atoms with E-state index in [1.807, 2.05) is 6.07 Å². The average Bonchev–Trinajstić information content (AvgIpc) is 2.60. The Morgan fingerprint density at radius 2 is 1.78 bits per heavy atom. The molecule has 0 saturated heterocycles. The number of carbonyl (C=O) groups excluding carboxylic acids is 2. The molecule has 0 radical (unpaired) electrons. The minimum atomic E-state index is -0.795. The molecule has 4 bridgehead atoms. The van der Waals surface area contributed by atoms with Crippen LogP contribution in [0.5, 0.6) is 0 Å². The van der Waals surface area contributed by atoms with Crippen molar-refractivity contribution in [2.24, 2.45) is 17.8 Å². The van der Waals surface area contributed by atoms with Crippen molar-refractivity contribution in [3.63, 3.8) is 0 Å². The molecule has 1 aromatic carbocycles. The Morgan fingerprint density at radius 3 is 2.37 bits per heavy atom. The SMILES string of the molecule is COCc1cccc(C(=O)O[C@@H](C)C(=O)NC23CC4CC(CC(C4)C2)C3)c1. The maximum Gasteiger partial charge on any atom is 0.338 e. The fourth-order valence-electron chi connectivity index (χ4n) is 5.86. The number of hydrogen-bond donors (Lipinski definition) is 1. The second kappa shape index (κ2) is 7.27. The number of ether oxygens (including phenoxy) is 2. The van der Waals surface area contributed by atoms with Crippen LogP contribution in [0.3, 0.4) is 0 Å². The summed E-state index contributed by atoms with van der Waals surface area (Å²) in [5, 5.41) is 3.28. The second-order valence-electron chi connectivity index (χ2n) is 8.87.